The third kappa shape index (κ3) is 7.26. The summed E-state index contributed by atoms with van der Waals surface area (Å²) in [5, 5.41) is 8.97. The highest BCUT2D eigenvalue weighted by Crippen LogP contribution is 2.49. The molecule has 0 aliphatic carbocycles. The molecule has 0 saturated heterocycles. The molecule has 2 heterocycles. The van der Waals surface area contributed by atoms with E-state index in [-0.39, 0.29) is 30.2 Å². The number of anilines is 2. The predicted molar refractivity (Wildman–Crippen MR) is 191 cm³/mol. The molecule has 0 aromatic heterocycles. The zero-order valence-electron chi connectivity index (χ0n) is 27.2. The van der Waals surface area contributed by atoms with E-state index in [1.165, 1.54) is 28.2 Å². The highest BCUT2D eigenvalue weighted by molar-refractivity contribution is 7.95. The Balaban J connectivity index is 0.00000529. The molecule has 7 nitrogen and oxygen atoms in total. The minimum absolute atomic E-state index is 0. The molecule has 4 rings (SSSR count). The van der Waals surface area contributed by atoms with Gasteiger partial charge in [-0.3, -0.25) is 9.10 Å². The van der Waals surface area contributed by atoms with Gasteiger partial charge in [-0.05, 0) is 68.7 Å². The predicted octanol–water partition coefficient (Wildman–Crippen LogP) is 8.88. The first-order valence-electron chi connectivity index (χ1n) is 15.0. The average molecular weight is 659 g/mol. The molecule has 240 valence electrons. The third-order valence-electron chi connectivity index (χ3n) is 8.95. The van der Waals surface area contributed by atoms with Crippen LogP contribution in [0.4, 0.5) is 17.1 Å². The summed E-state index contributed by atoms with van der Waals surface area (Å²) in [6, 6.07) is 12.5. The topological polar surface area (TPSA) is 76.2 Å². The number of hydrogen-bond acceptors (Lipinski definition) is 8. The molecule has 2 aliphatic heterocycles. The Morgan fingerprint density at radius 2 is 1.80 bits per heavy atom. The monoisotopic (exact) mass is 658 g/mol. The standard InChI is InChI=1S/C34H45N3O4S2.H2S/c1-23(2)30(38)13-10-9-11-20-37-29-18-16-24(36(8)43-41-39)21-26(29)34(5,6)32(37)15-12-14-31-33(3,4)27-22-25(42-40)17-19-28(27)35(31)7;/h12,14-19,21-23H,9-11,13,20H2,1-8H3,(H-,39,40);1H2/p+1. The van der Waals surface area contributed by atoms with E-state index in [2.05, 4.69) is 97.1 Å². The number of nitrogens with zero attached hydrogens (tertiary/aromatic N) is 3. The Morgan fingerprint density at radius 1 is 1.07 bits per heavy atom. The number of ketones is 1. The second-order valence-corrected chi connectivity index (χ2v) is 14.3. The van der Waals surface area contributed by atoms with Crippen molar-refractivity contribution in [3.63, 3.8) is 0 Å². The summed E-state index contributed by atoms with van der Waals surface area (Å²) < 4.78 is 18.0. The van der Waals surface area contributed by atoms with Gasteiger partial charge < -0.3 is 9.45 Å². The molecule has 0 bridgehead atoms. The van der Waals surface area contributed by atoms with Gasteiger partial charge in [0.05, 0.1) is 5.41 Å². The van der Waals surface area contributed by atoms with Crippen LogP contribution in [0.2, 0.25) is 0 Å². The van der Waals surface area contributed by atoms with Gasteiger partial charge in [-0.25, -0.2) is 5.26 Å². The lowest BCUT2D eigenvalue weighted by molar-refractivity contribution is -0.401. The molecule has 0 amide bonds. The molecule has 2 aromatic rings. The van der Waals surface area contributed by atoms with Gasteiger partial charge in [0.15, 0.2) is 17.9 Å². The fraction of sp³-hybridized carbons (Fsp3) is 0.471. The van der Waals surface area contributed by atoms with Crippen molar-refractivity contribution in [3.05, 3.63) is 71.5 Å². The fourth-order valence-electron chi connectivity index (χ4n) is 6.33. The lowest BCUT2D eigenvalue weighted by Crippen LogP contribution is -2.27. The Labute approximate surface area is 279 Å². The van der Waals surface area contributed by atoms with Gasteiger partial charge in [-0.1, -0.05) is 40.2 Å². The maximum Gasteiger partial charge on any atom is 0.209 e. The van der Waals surface area contributed by atoms with Crippen LogP contribution in [0.1, 0.15) is 78.4 Å². The van der Waals surface area contributed by atoms with Crippen molar-refractivity contribution in [2.45, 2.75) is 83.0 Å². The Kier molecular flexibility index (Phi) is 12.3. The van der Waals surface area contributed by atoms with Gasteiger partial charge in [-0.15, -0.1) is 4.33 Å². The Morgan fingerprint density at radius 3 is 2.45 bits per heavy atom. The first-order valence-corrected chi connectivity index (χ1v) is 16.4. The minimum atomic E-state index is -0.257. The van der Waals surface area contributed by atoms with Gasteiger partial charge in [0.2, 0.25) is 5.69 Å². The van der Waals surface area contributed by atoms with E-state index in [1.807, 2.05) is 27.0 Å². The van der Waals surface area contributed by atoms with Crippen LogP contribution in [0.15, 0.2) is 65.2 Å². The molecule has 2 aliphatic rings. The van der Waals surface area contributed by atoms with Crippen molar-refractivity contribution in [1.82, 2.24) is 0 Å². The van der Waals surface area contributed by atoms with E-state index in [0.717, 1.165) is 66.3 Å². The molecule has 0 spiro atoms. The number of fused-ring (bicyclic) bond motifs is 2. The molecule has 2 aromatic carbocycles. The van der Waals surface area contributed by atoms with Crippen LogP contribution in [-0.2, 0) is 20.0 Å². The number of benzene rings is 2. The van der Waals surface area contributed by atoms with Crippen molar-refractivity contribution in [1.29, 1.82) is 0 Å². The first-order chi connectivity index (χ1) is 20.3. The molecular weight excluding hydrogens is 611 g/mol. The first kappa shape index (κ1) is 36.3. The molecular formula is C34H48N3O4S3+. The molecule has 0 radical (unpaired) electrons. The summed E-state index contributed by atoms with van der Waals surface area (Å²) >= 11 is 1.66. The summed E-state index contributed by atoms with van der Waals surface area (Å²) in [6.45, 7) is 13.8. The van der Waals surface area contributed by atoms with Crippen molar-refractivity contribution in [3.8, 4) is 0 Å². The highest BCUT2D eigenvalue weighted by atomic mass is 32.2. The molecule has 44 heavy (non-hydrogen) atoms. The molecule has 0 atom stereocenters. The Hall–Kier alpha value is -2.21. The molecule has 10 heteroatoms. The van der Waals surface area contributed by atoms with Crippen LogP contribution in [-0.4, -0.2) is 46.5 Å². The van der Waals surface area contributed by atoms with Crippen LogP contribution in [0.25, 0.3) is 0 Å². The summed E-state index contributed by atoms with van der Waals surface area (Å²) in [5.74, 6) is 0.435. The summed E-state index contributed by atoms with van der Waals surface area (Å²) in [5.41, 5.74) is 7.65. The normalized spacial score (nSPS) is 17.4. The van der Waals surface area contributed by atoms with Gasteiger partial charge in [0, 0.05) is 83.1 Å². The largest absolute Gasteiger partial charge is 0.344 e. The maximum atomic E-state index is 12.1. The Bertz CT molecular complexity index is 1450. The van der Waals surface area contributed by atoms with E-state index in [9.17, 15) is 9.35 Å². The fourth-order valence-corrected chi connectivity index (χ4v) is 6.93. The molecule has 0 unspecified atom stereocenters. The van der Waals surface area contributed by atoms with Crippen LogP contribution in [0, 0.1) is 5.92 Å². The van der Waals surface area contributed by atoms with E-state index >= 15 is 0 Å². The minimum Gasteiger partial charge on any atom is -0.344 e. The number of Topliss-reactive ketones (excluding diaryl/α,β-unsaturated/α-hetero) is 1. The van der Waals surface area contributed by atoms with E-state index in [0.29, 0.717) is 12.2 Å². The molecule has 2 N–H and O–H groups in total. The lowest BCUT2D eigenvalue weighted by atomic mass is 9.81. The van der Waals surface area contributed by atoms with Crippen molar-refractivity contribution >= 4 is 66.3 Å². The molecule has 0 fully saturated rings. The number of unbranched alkanes of at least 4 members (excludes halogenated alkanes) is 2. The zero-order chi connectivity index (χ0) is 31.5. The van der Waals surface area contributed by atoms with Gasteiger partial charge >= 0.3 is 0 Å². The van der Waals surface area contributed by atoms with Crippen molar-refractivity contribution in [2.24, 2.45) is 5.92 Å². The summed E-state index contributed by atoms with van der Waals surface area (Å²) in [4.78, 5) is 15.4. The second-order valence-electron chi connectivity index (χ2n) is 12.8. The third-order valence-corrected chi connectivity index (χ3v) is 9.92. The highest BCUT2D eigenvalue weighted by Gasteiger charge is 2.43. The average Bonchev–Trinajstić information content (AvgIpc) is 3.30. The van der Waals surface area contributed by atoms with Crippen LogP contribution >= 0.6 is 37.8 Å². The summed E-state index contributed by atoms with van der Waals surface area (Å²) in [7, 11) is 3.96. The van der Waals surface area contributed by atoms with E-state index in [4.69, 9.17) is 5.26 Å². The van der Waals surface area contributed by atoms with E-state index in [1.54, 1.807) is 4.31 Å². The van der Waals surface area contributed by atoms with Crippen LogP contribution < -0.4 is 9.21 Å². The number of allylic oxidation sites excluding steroid dienone is 4. The smallest absolute Gasteiger partial charge is 0.209 e. The van der Waals surface area contributed by atoms with E-state index < -0.39 is 0 Å². The second kappa shape index (κ2) is 14.9. The summed E-state index contributed by atoms with van der Waals surface area (Å²) in [6.07, 6.45) is 10.2. The SMILES string of the molecule is CC(C)C(=O)CCCCCN1/C(=C/C=C/C2=[N+](C)c3ccc(SO)cc3C2(C)C)C(C)(C)c2cc(N(C)SOO)ccc21.S. The maximum absolute atomic E-state index is 12.1. The van der Waals surface area contributed by atoms with Crippen molar-refractivity contribution in [2.75, 3.05) is 29.8 Å². The zero-order valence-corrected chi connectivity index (χ0v) is 29.8. The molecule has 0 saturated carbocycles. The lowest BCUT2D eigenvalue weighted by Gasteiger charge is -2.27. The van der Waals surface area contributed by atoms with Crippen molar-refractivity contribution < 1.29 is 23.5 Å². The van der Waals surface area contributed by atoms with Gasteiger partial charge in [-0.2, -0.15) is 18.1 Å². The van der Waals surface area contributed by atoms with Crippen LogP contribution in [0.5, 0.6) is 0 Å². The van der Waals surface area contributed by atoms with Gasteiger partial charge in [0.25, 0.3) is 0 Å². The van der Waals surface area contributed by atoms with Gasteiger partial charge in [0.1, 0.15) is 12.8 Å². The quantitative estimate of drug-likeness (QED) is 0.0552. The van der Waals surface area contributed by atoms with Crippen LogP contribution in [0.3, 0.4) is 0 Å². The number of carbonyl (C=O) groups is 1. The number of hydrogen-bond donors (Lipinski definition) is 2. The number of carbonyl (C=O) groups excluding carboxylic acids is 1. The number of rotatable bonds is 13.